The maximum atomic E-state index is 11.7. The third-order valence-corrected chi connectivity index (χ3v) is 1.35. The minimum absolute atomic E-state index is 0.00521. The van der Waals surface area contributed by atoms with Crippen molar-refractivity contribution >= 4 is 0 Å². The van der Waals surface area contributed by atoms with Crippen molar-refractivity contribution in [2.75, 3.05) is 0 Å². The third-order valence-electron chi connectivity index (χ3n) is 1.35. The second kappa shape index (κ2) is 2.29. The molecule has 0 bridgehead atoms. The Morgan fingerprint density at radius 3 is 1.75 bits per heavy atom. The van der Waals surface area contributed by atoms with E-state index in [1.165, 1.54) is 0 Å². The topological polar surface area (TPSA) is 0 Å². The molecule has 0 saturated heterocycles. The second-order valence-electron chi connectivity index (χ2n) is 3.04. The van der Waals surface area contributed by atoms with Gasteiger partial charge >= 0.3 is 0 Å². The molecule has 0 spiro atoms. The molecule has 0 amide bonds. The minimum atomic E-state index is -0.00521. The van der Waals surface area contributed by atoms with Crippen LogP contribution in [0.4, 0.5) is 4.39 Å². The lowest BCUT2D eigenvalue weighted by atomic mass is 9.89. The van der Waals surface area contributed by atoms with E-state index in [2.05, 4.69) is 0 Å². The fraction of sp³-hybridized carbons (Fsp3) is 0.714. The van der Waals surface area contributed by atoms with Crippen molar-refractivity contribution in [3.05, 3.63) is 11.9 Å². The average molecular weight is 116 g/mol. The average Bonchev–Trinajstić information content (AvgIpc) is 1.62. The van der Waals surface area contributed by atoms with Crippen LogP contribution in [0, 0.1) is 5.41 Å². The summed E-state index contributed by atoms with van der Waals surface area (Å²) >= 11 is 0. The first-order valence-corrected chi connectivity index (χ1v) is 2.76. The van der Waals surface area contributed by atoms with Crippen LogP contribution in [0.2, 0.25) is 0 Å². The maximum absolute atomic E-state index is 11.7. The SMILES string of the molecule is C/C(=C/F)C(C)(C)C. The van der Waals surface area contributed by atoms with E-state index < -0.39 is 0 Å². The first-order valence-electron chi connectivity index (χ1n) is 2.76. The van der Waals surface area contributed by atoms with Crippen molar-refractivity contribution in [1.82, 2.24) is 0 Å². The van der Waals surface area contributed by atoms with Gasteiger partial charge in [-0.2, -0.15) is 0 Å². The monoisotopic (exact) mass is 116 g/mol. The zero-order chi connectivity index (χ0) is 6.78. The van der Waals surface area contributed by atoms with Crippen molar-refractivity contribution in [3.63, 3.8) is 0 Å². The molecule has 8 heavy (non-hydrogen) atoms. The molecular weight excluding hydrogens is 103 g/mol. The highest BCUT2D eigenvalue weighted by Gasteiger charge is 2.11. The van der Waals surface area contributed by atoms with Crippen LogP contribution in [0.15, 0.2) is 11.9 Å². The molecule has 0 unspecified atom stereocenters. The van der Waals surface area contributed by atoms with E-state index in [0.717, 1.165) is 5.57 Å². The van der Waals surface area contributed by atoms with Gasteiger partial charge in [0.05, 0.1) is 6.33 Å². The molecule has 0 radical (unpaired) electrons. The molecule has 0 nitrogen and oxygen atoms in total. The molecule has 0 atom stereocenters. The van der Waals surface area contributed by atoms with Gasteiger partial charge in [0.25, 0.3) is 0 Å². The summed E-state index contributed by atoms with van der Waals surface area (Å²) < 4.78 is 11.7. The van der Waals surface area contributed by atoms with Gasteiger partial charge in [0.2, 0.25) is 0 Å². The van der Waals surface area contributed by atoms with Gasteiger partial charge < -0.3 is 0 Å². The number of allylic oxidation sites excluding steroid dienone is 1. The van der Waals surface area contributed by atoms with Gasteiger partial charge in [-0.3, -0.25) is 0 Å². The van der Waals surface area contributed by atoms with Gasteiger partial charge in [-0.25, -0.2) is 4.39 Å². The first-order chi connectivity index (χ1) is 3.48. The minimum Gasteiger partial charge on any atom is -0.216 e. The molecule has 0 aromatic heterocycles. The Hall–Kier alpha value is -0.330. The molecule has 0 aromatic carbocycles. The van der Waals surface area contributed by atoms with Gasteiger partial charge in [0, 0.05) is 0 Å². The highest BCUT2D eigenvalue weighted by atomic mass is 19.1. The lowest BCUT2D eigenvalue weighted by Gasteiger charge is -2.17. The lowest BCUT2D eigenvalue weighted by Crippen LogP contribution is -2.05. The predicted molar refractivity (Wildman–Crippen MR) is 34.3 cm³/mol. The van der Waals surface area contributed by atoms with E-state index in [1.54, 1.807) is 6.92 Å². The molecule has 48 valence electrons. The highest BCUT2D eigenvalue weighted by Crippen LogP contribution is 2.23. The van der Waals surface area contributed by atoms with Gasteiger partial charge in [-0.15, -0.1) is 0 Å². The number of hydrogen-bond donors (Lipinski definition) is 0. The fourth-order valence-electron chi connectivity index (χ4n) is 0.164. The Balaban J connectivity index is 4.03. The zero-order valence-corrected chi connectivity index (χ0v) is 5.96. The Bertz CT molecular complexity index is 95.4. The third kappa shape index (κ3) is 2.10. The smallest absolute Gasteiger partial charge is 0.0861 e. The fourth-order valence-corrected chi connectivity index (χ4v) is 0.164. The van der Waals surface area contributed by atoms with E-state index in [1.807, 2.05) is 20.8 Å². The van der Waals surface area contributed by atoms with Crippen LogP contribution in [0.3, 0.4) is 0 Å². The molecule has 0 fully saturated rings. The van der Waals surface area contributed by atoms with Crippen LogP contribution >= 0.6 is 0 Å². The van der Waals surface area contributed by atoms with Crippen LogP contribution in [-0.2, 0) is 0 Å². The molecule has 0 aliphatic heterocycles. The van der Waals surface area contributed by atoms with Gasteiger partial charge in [0.1, 0.15) is 0 Å². The van der Waals surface area contributed by atoms with Crippen molar-refractivity contribution in [2.24, 2.45) is 5.41 Å². The largest absolute Gasteiger partial charge is 0.216 e. The van der Waals surface area contributed by atoms with Crippen molar-refractivity contribution < 1.29 is 4.39 Å². The summed E-state index contributed by atoms with van der Waals surface area (Å²) in [6.07, 6.45) is 0.667. The summed E-state index contributed by atoms with van der Waals surface area (Å²) in [6, 6.07) is 0. The Labute approximate surface area is 50.4 Å². The van der Waals surface area contributed by atoms with Crippen LogP contribution in [0.25, 0.3) is 0 Å². The van der Waals surface area contributed by atoms with E-state index in [0.29, 0.717) is 6.33 Å². The van der Waals surface area contributed by atoms with E-state index >= 15 is 0 Å². The van der Waals surface area contributed by atoms with Crippen molar-refractivity contribution in [2.45, 2.75) is 27.7 Å². The summed E-state index contributed by atoms with van der Waals surface area (Å²) in [7, 11) is 0. The van der Waals surface area contributed by atoms with Crippen LogP contribution in [-0.4, -0.2) is 0 Å². The number of halogens is 1. The summed E-state index contributed by atoms with van der Waals surface area (Å²) in [6.45, 7) is 7.75. The summed E-state index contributed by atoms with van der Waals surface area (Å²) in [5, 5.41) is 0. The van der Waals surface area contributed by atoms with E-state index in [-0.39, 0.29) is 5.41 Å². The van der Waals surface area contributed by atoms with Gasteiger partial charge in [-0.05, 0) is 17.9 Å². The summed E-state index contributed by atoms with van der Waals surface area (Å²) in [4.78, 5) is 0. The van der Waals surface area contributed by atoms with Crippen LogP contribution in [0.5, 0.6) is 0 Å². The van der Waals surface area contributed by atoms with Crippen LogP contribution in [0.1, 0.15) is 27.7 Å². The molecular formula is C7H13F. The van der Waals surface area contributed by atoms with Crippen molar-refractivity contribution in [1.29, 1.82) is 0 Å². The second-order valence-corrected chi connectivity index (χ2v) is 3.04. The van der Waals surface area contributed by atoms with Crippen molar-refractivity contribution in [3.8, 4) is 0 Å². The Morgan fingerprint density at radius 2 is 1.75 bits per heavy atom. The molecule has 0 saturated carbocycles. The normalized spacial score (nSPS) is 14.4. The molecule has 0 aromatic rings. The van der Waals surface area contributed by atoms with E-state index in [9.17, 15) is 4.39 Å². The summed E-state index contributed by atoms with van der Waals surface area (Å²) in [5.74, 6) is 0. The predicted octanol–water partition coefficient (Wildman–Crippen LogP) is 2.91. The number of rotatable bonds is 0. The Kier molecular flexibility index (Phi) is 2.20. The summed E-state index contributed by atoms with van der Waals surface area (Å²) in [5.41, 5.74) is 0.784. The lowest BCUT2D eigenvalue weighted by molar-refractivity contribution is 0.488. The van der Waals surface area contributed by atoms with Gasteiger partial charge in [-0.1, -0.05) is 20.8 Å². The quantitative estimate of drug-likeness (QED) is 0.456. The van der Waals surface area contributed by atoms with Crippen LogP contribution < -0.4 is 0 Å². The maximum Gasteiger partial charge on any atom is 0.0861 e. The zero-order valence-electron chi connectivity index (χ0n) is 5.96. The molecule has 0 heterocycles. The number of hydrogen-bond acceptors (Lipinski definition) is 0. The molecule has 1 heteroatoms. The molecule has 0 N–H and O–H groups in total. The molecule has 0 rings (SSSR count). The van der Waals surface area contributed by atoms with E-state index in [4.69, 9.17) is 0 Å². The van der Waals surface area contributed by atoms with Gasteiger partial charge in [0.15, 0.2) is 0 Å². The molecule has 0 aliphatic rings. The molecule has 0 aliphatic carbocycles. The standard InChI is InChI=1S/C7H13F/c1-6(5-8)7(2,3)4/h5H,1-4H3/b6-5-. The first kappa shape index (κ1) is 7.67. The highest BCUT2D eigenvalue weighted by molar-refractivity contribution is 5.03. The Morgan fingerprint density at radius 1 is 1.38 bits per heavy atom.